The van der Waals surface area contributed by atoms with E-state index >= 15 is 0 Å². The third kappa shape index (κ3) is 11.6. The minimum atomic E-state index is -5.40. The van der Waals surface area contributed by atoms with Crippen LogP contribution in [0.2, 0.25) is 0 Å². The Hall–Kier alpha value is 0.820. The molecule has 0 radical (unpaired) electrons. The van der Waals surface area contributed by atoms with Gasteiger partial charge in [-0.15, -0.1) is 0 Å². The van der Waals surface area contributed by atoms with Gasteiger partial charge in [0.15, 0.2) is 0 Å². The van der Waals surface area contributed by atoms with E-state index in [-0.39, 0.29) is 6.10 Å². The van der Waals surface area contributed by atoms with Crippen molar-refractivity contribution in [3.8, 4) is 0 Å². The molecule has 0 unspecified atom stereocenters. The summed E-state index contributed by atoms with van der Waals surface area (Å²) in [5, 5.41) is 0. The summed E-state index contributed by atoms with van der Waals surface area (Å²) >= 11 is -5.40. The SMILES string of the molecule is CC(C)(C)O[Si](OC(C)(C)C)(OC(C)(C)C)[O][Zr]([OH])([OH])[O]C1CCCCC1. The van der Waals surface area contributed by atoms with Crippen LogP contribution in [0.25, 0.3) is 0 Å². The van der Waals surface area contributed by atoms with Crippen LogP contribution >= 0.6 is 0 Å². The van der Waals surface area contributed by atoms with Gasteiger partial charge < -0.3 is 0 Å². The van der Waals surface area contributed by atoms with E-state index in [1.54, 1.807) is 0 Å². The van der Waals surface area contributed by atoms with Gasteiger partial charge in [0, 0.05) is 0 Å². The van der Waals surface area contributed by atoms with Crippen molar-refractivity contribution in [2.24, 2.45) is 0 Å². The topological polar surface area (TPSA) is 86.6 Å². The Morgan fingerprint density at radius 2 is 1.07 bits per heavy atom. The number of hydrogen-bond acceptors (Lipinski definition) is 7. The molecule has 7 nitrogen and oxygen atoms in total. The van der Waals surface area contributed by atoms with Crippen LogP contribution in [0.3, 0.4) is 0 Å². The Morgan fingerprint density at radius 3 is 1.41 bits per heavy atom. The molecule has 1 aliphatic rings. The number of rotatable bonds is 7. The van der Waals surface area contributed by atoms with E-state index in [0.29, 0.717) is 0 Å². The van der Waals surface area contributed by atoms with Crippen LogP contribution in [0.5, 0.6) is 0 Å². The molecular formula is C18H40O7SiZr. The van der Waals surface area contributed by atoms with Crippen molar-refractivity contribution in [2.75, 3.05) is 0 Å². The fraction of sp³-hybridized carbons (Fsp3) is 1.00. The second-order valence-corrected chi connectivity index (χ2v) is 16.8. The third-order valence-corrected chi connectivity index (χ3v) is 11.9. The first kappa shape index (κ1) is 25.9. The first-order valence-corrected chi connectivity index (χ1v) is 15.7. The predicted molar refractivity (Wildman–Crippen MR) is 102 cm³/mol. The maximum atomic E-state index is 10.7. The molecule has 1 rings (SSSR count). The van der Waals surface area contributed by atoms with Crippen molar-refractivity contribution < 1.29 is 47.0 Å². The van der Waals surface area contributed by atoms with Gasteiger partial charge in [0.2, 0.25) is 0 Å². The van der Waals surface area contributed by atoms with Gasteiger partial charge in [-0.3, -0.25) is 0 Å². The Labute approximate surface area is 173 Å². The molecule has 9 heteroatoms. The molecule has 0 amide bonds. The third-order valence-electron chi connectivity index (χ3n) is 3.42. The Morgan fingerprint density at radius 1 is 0.704 bits per heavy atom. The molecule has 2 N–H and O–H groups in total. The van der Waals surface area contributed by atoms with E-state index in [2.05, 4.69) is 0 Å². The summed E-state index contributed by atoms with van der Waals surface area (Å²) < 4.78 is 51.3. The van der Waals surface area contributed by atoms with Gasteiger partial charge in [-0.1, -0.05) is 0 Å². The van der Waals surface area contributed by atoms with Crippen LogP contribution in [0.4, 0.5) is 0 Å². The molecule has 1 fully saturated rings. The molecule has 0 bridgehead atoms. The number of hydrogen-bond donors (Lipinski definition) is 2. The van der Waals surface area contributed by atoms with E-state index in [1.165, 1.54) is 0 Å². The van der Waals surface area contributed by atoms with Crippen LogP contribution in [0.15, 0.2) is 0 Å². The molecule has 162 valence electrons. The van der Waals surface area contributed by atoms with Gasteiger partial charge in [0.05, 0.1) is 0 Å². The molecule has 0 aliphatic heterocycles. The van der Waals surface area contributed by atoms with Crippen LogP contribution in [-0.2, 0) is 40.6 Å². The summed E-state index contributed by atoms with van der Waals surface area (Å²) in [7, 11) is -3.95. The molecule has 0 saturated heterocycles. The van der Waals surface area contributed by atoms with Gasteiger partial charge in [-0.25, -0.2) is 0 Å². The summed E-state index contributed by atoms with van der Waals surface area (Å²) in [6, 6.07) is 0. The molecule has 0 heterocycles. The summed E-state index contributed by atoms with van der Waals surface area (Å²) in [6.45, 7) is 16.7. The Kier molecular flexibility index (Phi) is 8.92. The molecule has 1 aliphatic carbocycles. The molecule has 27 heavy (non-hydrogen) atoms. The Balaban J connectivity index is 3.14. The predicted octanol–water partition coefficient (Wildman–Crippen LogP) is 4.03. The second-order valence-electron chi connectivity index (χ2n) is 10.2. The summed E-state index contributed by atoms with van der Waals surface area (Å²) in [5.74, 6) is 0. The normalized spacial score (nSPS) is 18.8. The van der Waals surface area contributed by atoms with Gasteiger partial charge in [0.25, 0.3) is 0 Å². The molecule has 1 saturated carbocycles. The monoisotopic (exact) mass is 486 g/mol. The van der Waals surface area contributed by atoms with Crippen molar-refractivity contribution in [1.29, 1.82) is 0 Å². The first-order chi connectivity index (χ1) is 11.9. The van der Waals surface area contributed by atoms with E-state index in [1.807, 2.05) is 62.3 Å². The molecule has 0 aromatic heterocycles. The van der Waals surface area contributed by atoms with Gasteiger partial charge >= 0.3 is 173 Å². The summed E-state index contributed by atoms with van der Waals surface area (Å²) in [5.41, 5.74) is -2.01. The van der Waals surface area contributed by atoms with Crippen molar-refractivity contribution in [3.63, 3.8) is 0 Å². The first-order valence-electron chi connectivity index (χ1n) is 9.84. The van der Waals surface area contributed by atoms with Crippen LogP contribution in [0, 0.1) is 0 Å². The summed E-state index contributed by atoms with van der Waals surface area (Å²) in [6.07, 6.45) is 4.59. The van der Waals surface area contributed by atoms with E-state index in [9.17, 15) is 6.37 Å². The zero-order valence-corrected chi connectivity index (χ0v) is 22.0. The second kappa shape index (κ2) is 9.31. The van der Waals surface area contributed by atoms with Crippen molar-refractivity contribution in [1.82, 2.24) is 0 Å². The average Bonchev–Trinajstić information content (AvgIpc) is 2.30. The molecular weight excluding hydrogens is 448 g/mol. The zero-order chi connectivity index (χ0) is 21.1. The van der Waals surface area contributed by atoms with Gasteiger partial charge in [-0.05, 0) is 0 Å². The molecule has 0 atom stereocenters. The fourth-order valence-corrected chi connectivity index (χ4v) is 11.0. The minimum absolute atomic E-state index is 0.199. The van der Waals surface area contributed by atoms with Crippen molar-refractivity contribution in [2.45, 2.75) is 117 Å². The average molecular weight is 488 g/mol. The maximum absolute atomic E-state index is 10.7. The van der Waals surface area contributed by atoms with Crippen LogP contribution < -0.4 is 0 Å². The summed E-state index contributed by atoms with van der Waals surface area (Å²) in [4.78, 5) is 0. The molecule has 0 aromatic rings. The van der Waals surface area contributed by atoms with Crippen molar-refractivity contribution in [3.05, 3.63) is 0 Å². The van der Waals surface area contributed by atoms with E-state index in [0.717, 1.165) is 32.1 Å². The van der Waals surface area contributed by atoms with Gasteiger partial charge in [0.1, 0.15) is 0 Å². The quantitative estimate of drug-likeness (QED) is 0.524. The zero-order valence-electron chi connectivity index (χ0n) is 18.5. The van der Waals surface area contributed by atoms with E-state index < -0.39 is 47.9 Å². The fourth-order valence-electron chi connectivity index (χ4n) is 2.84. The van der Waals surface area contributed by atoms with Crippen LogP contribution in [0.1, 0.15) is 94.4 Å². The van der Waals surface area contributed by atoms with Crippen molar-refractivity contribution >= 4 is 9.05 Å². The molecule has 0 spiro atoms. The standard InChI is InChI=1S/C12H27O4Si.C6H11O.2H2O.Zr/c1-10(2,3)14-17(13,15-11(4,5)6)16-12(7,8)9;7-6-4-2-1-3-5-6;;;/h1-9H3;6H,1-5H2;2*1H2;/q2*-1;;;+4/p-2. The van der Waals surface area contributed by atoms with E-state index in [4.69, 9.17) is 18.6 Å². The van der Waals surface area contributed by atoms with Gasteiger partial charge in [-0.2, -0.15) is 0 Å². The van der Waals surface area contributed by atoms with Crippen LogP contribution in [-0.4, -0.2) is 38.3 Å². The molecule has 0 aromatic carbocycles. The Bertz CT molecular complexity index is 419.